The van der Waals surface area contributed by atoms with Crippen LogP contribution < -0.4 is 5.32 Å². The van der Waals surface area contributed by atoms with Gasteiger partial charge < -0.3 is 15.1 Å². The van der Waals surface area contributed by atoms with Crippen LogP contribution in [0.3, 0.4) is 0 Å². The summed E-state index contributed by atoms with van der Waals surface area (Å²) in [5.41, 5.74) is 1.30. The summed E-state index contributed by atoms with van der Waals surface area (Å²) in [4.78, 5) is 32.3. The predicted octanol–water partition coefficient (Wildman–Crippen LogP) is 3.34. The van der Waals surface area contributed by atoms with Crippen molar-refractivity contribution < 1.29 is 9.59 Å². The molecule has 2 amide bonds. The van der Waals surface area contributed by atoms with Crippen molar-refractivity contribution in [1.82, 2.24) is 15.1 Å². The van der Waals surface area contributed by atoms with Crippen LogP contribution in [0.2, 0.25) is 4.34 Å². The van der Waals surface area contributed by atoms with Crippen LogP contribution in [0.25, 0.3) is 0 Å². The Hall–Kier alpha value is -1.41. The van der Waals surface area contributed by atoms with Gasteiger partial charge in [-0.05, 0) is 57.0 Å². The highest BCUT2D eigenvalue weighted by Gasteiger charge is 2.35. The van der Waals surface area contributed by atoms with Crippen LogP contribution in [0.1, 0.15) is 36.2 Å². The summed E-state index contributed by atoms with van der Waals surface area (Å²) in [7, 11) is 2.14. The second kappa shape index (κ2) is 8.14. The fourth-order valence-corrected chi connectivity index (χ4v) is 5.92. The average Bonchev–Trinajstić information content (AvgIpc) is 3.34. The van der Waals surface area contributed by atoms with Crippen molar-refractivity contribution in [3.8, 4) is 0 Å². The molecule has 1 fully saturated rings. The van der Waals surface area contributed by atoms with Crippen LogP contribution in [0.5, 0.6) is 0 Å². The molecule has 0 aliphatic carbocycles. The zero-order valence-corrected chi connectivity index (χ0v) is 18.1. The first-order valence-electron chi connectivity index (χ1n) is 9.41. The number of carbonyl (C=O) groups excluding carboxylic acids is 2. The van der Waals surface area contributed by atoms with Gasteiger partial charge in [-0.3, -0.25) is 9.59 Å². The van der Waals surface area contributed by atoms with Crippen molar-refractivity contribution >= 4 is 46.1 Å². The molecule has 5 nitrogen and oxygen atoms in total. The van der Waals surface area contributed by atoms with Crippen LogP contribution in [0, 0.1) is 6.92 Å². The topological polar surface area (TPSA) is 52.7 Å². The second-order valence-electron chi connectivity index (χ2n) is 7.48. The van der Waals surface area contributed by atoms with Crippen molar-refractivity contribution in [1.29, 1.82) is 0 Å². The molecule has 0 saturated carbocycles. The first kappa shape index (κ1) is 19.9. The molecule has 4 rings (SSSR count). The van der Waals surface area contributed by atoms with Gasteiger partial charge >= 0.3 is 0 Å². The molecule has 2 aromatic rings. The summed E-state index contributed by atoms with van der Waals surface area (Å²) >= 11 is 8.79. The Morgan fingerprint density at radius 2 is 2.00 bits per heavy atom. The first-order chi connectivity index (χ1) is 13.4. The number of nitrogens with zero attached hydrogens (tertiary/aromatic N) is 2. The zero-order valence-electron chi connectivity index (χ0n) is 15.7. The second-order valence-corrected chi connectivity index (χ2v) is 10.3. The number of carbonyl (C=O) groups is 2. The number of likely N-dealkylation sites (N-methyl/N-ethyl adjacent to an activating group) is 1. The van der Waals surface area contributed by atoms with Gasteiger partial charge in [-0.15, -0.1) is 22.7 Å². The van der Waals surface area contributed by atoms with Crippen LogP contribution in [0.15, 0.2) is 18.2 Å². The minimum absolute atomic E-state index is 0.0299. The monoisotopic (exact) mass is 436 g/mol. The standard InChI is InChI=1S/C20H23ClN3O2S2/c1-12-9-14(22-19(25)16-3-4-18(21)28-16)11-24(12)20(26)17-10-13-5-7-23(2)8-6-15(13)27-17/h3-4,10,12,14H,1,5-9,11H2,2H3,(H,22,25). The van der Waals surface area contributed by atoms with E-state index in [0.29, 0.717) is 22.2 Å². The Balaban J connectivity index is 1.41. The number of thiophene rings is 2. The van der Waals surface area contributed by atoms with E-state index < -0.39 is 0 Å². The number of hydrogen-bond donors (Lipinski definition) is 1. The fraction of sp³-hybridized carbons (Fsp3) is 0.450. The minimum Gasteiger partial charge on any atom is -0.347 e. The maximum atomic E-state index is 13.1. The molecule has 149 valence electrons. The number of rotatable bonds is 3. The Labute approximate surface area is 178 Å². The molecule has 1 saturated heterocycles. The maximum Gasteiger partial charge on any atom is 0.264 e. The van der Waals surface area contributed by atoms with E-state index in [1.54, 1.807) is 28.4 Å². The first-order valence-corrected chi connectivity index (χ1v) is 11.4. The van der Waals surface area contributed by atoms with E-state index in [4.69, 9.17) is 11.6 Å². The van der Waals surface area contributed by atoms with Crippen LogP contribution >= 0.6 is 34.3 Å². The van der Waals surface area contributed by atoms with Crippen molar-refractivity contribution in [3.63, 3.8) is 0 Å². The highest BCUT2D eigenvalue weighted by molar-refractivity contribution is 7.18. The number of amides is 2. The Morgan fingerprint density at radius 3 is 2.75 bits per heavy atom. The van der Waals surface area contributed by atoms with Crippen LogP contribution in [0.4, 0.5) is 0 Å². The SMILES string of the molecule is [CH2]C1CC(NC(=O)c2ccc(Cl)s2)CN1C(=O)c1cc2c(s1)CCN(C)CC2. The average molecular weight is 437 g/mol. The lowest BCUT2D eigenvalue weighted by molar-refractivity contribution is 0.0757. The molecule has 2 atom stereocenters. The Morgan fingerprint density at radius 1 is 1.21 bits per heavy atom. The number of fused-ring (bicyclic) bond motifs is 1. The summed E-state index contributed by atoms with van der Waals surface area (Å²) in [6, 6.07) is 5.27. The lowest BCUT2D eigenvalue weighted by Crippen LogP contribution is -2.38. The molecular formula is C20H23ClN3O2S2. The van der Waals surface area contributed by atoms with E-state index in [-0.39, 0.29) is 23.9 Å². The molecule has 2 aromatic heterocycles. The lowest BCUT2D eigenvalue weighted by atomic mass is 10.1. The Kier molecular flexibility index (Phi) is 5.78. The molecule has 4 heterocycles. The minimum atomic E-state index is -0.143. The van der Waals surface area contributed by atoms with Crippen molar-refractivity contribution in [2.24, 2.45) is 0 Å². The normalized spacial score (nSPS) is 22.8. The molecule has 0 aromatic carbocycles. The number of nitrogens with one attached hydrogen (secondary N) is 1. The van der Waals surface area contributed by atoms with E-state index in [1.807, 2.05) is 0 Å². The van der Waals surface area contributed by atoms with E-state index >= 15 is 0 Å². The van der Waals surface area contributed by atoms with Gasteiger partial charge in [0.15, 0.2) is 0 Å². The number of likely N-dealkylation sites (tertiary alicyclic amines) is 1. The summed E-state index contributed by atoms with van der Waals surface area (Å²) in [6.45, 7) is 6.69. The summed E-state index contributed by atoms with van der Waals surface area (Å²) in [5, 5.41) is 3.01. The van der Waals surface area contributed by atoms with Gasteiger partial charge in [0, 0.05) is 36.6 Å². The molecule has 0 spiro atoms. The quantitative estimate of drug-likeness (QED) is 0.802. The summed E-state index contributed by atoms with van der Waals surface area (Å²) in [6.07, 6.45) is 2.65. The van der Waals surface area contributed by atoms with Crippen molar-refractivity contribution in [3.05, 3.63) is 49.7 Å². The maximum absolute atomic E-state index is 13.1. The van der Waals surface area contributed by atoms with Gasteiger partial charge in [-0.2, -0.15) is 0 Å². The van der Waals surface area contributed by atoms with E-state index in [0.717, 1.165) is 30.8 Å². The largest absolute Gasteiger partial charge is 0.347 e. The molecule has 0 bridgehead atoms. The van der Waals surface area contributed by atoms with Crippen LogP contribution in [-0.4, -0.2) is 60.4 Å². The van der Waals surface area contributed by atoms with E-state index in [2.05, 4.69) is 30.3 Å². The van der Waals surface area contributed by atoms with E-state index in [1.165, 1.54) is 21.8 Å². The number of hydrogen-bond acceptors (Lipinski definition) is 5. The highest BCUT2D eigenvalue weighted by Crippen LogP contribution is 2.29. The van der Waals surface area contributed by atoms with Crippen LogP contribution in [-0.2, 0) is 12.8 Å². The van der Waals surface area contributed by atoms with E-state index in [9.17, 15) is 9.59 Å². The highest BCUT2D eigenvalue weighted by atomic mass is 35.5. The summed E-state index contributed by atoms with van der Waals surface area (Å²) < 4.78 is 0.590. The van der Waals surface area contributed by atoms with Gasteiger partial charge in [0.2, 0.25) is 0 Å². The molecule has 28 heavy (non-hydrogen) atoms. The Bertz CT molecular complexity index is 868. The molecule has 1 radical (unpaired) electrons. The predicted molar refractivity (Wildman–Crippen MR) is 115 cm³/mol. The van der Waals surface area contributed by atoms with Gasteiger partial charge in [-0.1, -0.05) is 11.6 Å². The third-order valence-corrected chi connectivity index (χ3v) is 7.85. The van der Waals surface area contributed by atoms with Gasteiger partial charge in [-0.25, -0.2) is 0 Å². The summed E-state index contributed by atoms with van der Waals surface area (Å²) in [5.74, 6) is -0.113. The van der Waals surface area contributed by atoms with Crippen molar-refractivity contribution in [2.75, 3.05) is 26.7 Å². The molecule has 2 aliphatic heterocycles. The zero-order chi connectivity index (χ0) is 19.8. The molecular weight excluding hydrogens is 414 g/mol. The number of halogens is 1. The third kappa shape index (κ3) is 4.13. The fourth-order valence-electron chi connectivity index (χ4n) is 3.81. The molecule has 2 unspecified atom stereocenters. The lowest BCUT2D eigenvalue weighted by Gasteiger charge is -2.20. The molecule has 1 N–H and O–H groups in total. The smallest absolute Gasteiger partial charge is 0.264 e. The van der Waals surface area contributed by atoms with Gasteiger partial charge in [0.25, 0.3) is 11.8 Å². The van der Waals surface area contributed by atoms with Crippen molar-refractivity contribution in [2.45, 2.75) is 31.3 Å². The van der Waals surface area contributed by atoms with Gasteiger partial charge in [0.1, 0.15) is 0 Å². The third-order valence-electron chi connectivity index (χ3n) is 5.40. The van der Waals surface area contributed by atoms with Gasteiger partial charge in [0.05, 0.1) is 14.1 Å². The molecule has 2 aliphatic rings. The molecule has 8 heteroatoms.